The van der Waals surface area contributed by atoms with Crippen molar-refractivity contribution in [2.45, 2.75) is 0 Å². The van der Waals surface area contributed by atoms with Crippen molar-refractivity contribution in [2.75, 3.05) is 0 Å². The normalized spacial score (nSPS) is 12.0. The molecule has 0 amide bonds. The Hall–Kier alpha value is -14.1. The quantitative estimate of drug-likeness (QED) is 0.118. The number of fused-ring (bicyclic) bond motifs is 24. The maximum Gasteiger partial charge on any atom is 0.188 e. The van der Waals surface area contributed by atoms with E-state index >= 15 is 0 Å². The Kier molecular flexibility index (Phi) is 14.5. The summed E-state index contributed by atoms with van der Waals surface area (Å²) in [6.07, 6.45) is 0. The van der Waals surface area contributed by atoms with Crippen molar-refractivity contribution in [1.29, 1.82) is 0 Å². The summed E-state index contributed by atoms with van der Waals surface area (Å²) in [6, 6.07) is 124. The molecule has 25 rings (SSSR count). The third kappa shape index (κ3) is 10.2. The molecule has 0 aliphatic carbocycles. The molecule has 7 nitrogen and oxygen atoms in total. The van der Waals surface area contributed by atoms with Crippen LogP contribution in [0.5, 0.6) is 0 Å². The first-order valence-electron chi connectivity index (χ1n) is 38.1. The Morgan fingerprint density at radius 3 is 1.50 bits per heavy atom. The Morgan fingerprint density at radius 1 is 0.237 bits per heavy atom. The van der Waals surface area contributed by atoms with E-state index in [0.717, 1.165) is 121 Å². The molecule has 0 aliphatic heterocycles. The topological polar surface area (TPSA) is 65.8 Å². The van der Waals surface area contributed by atoms with Crippen LogP contribution in [0.1, 0.15) is 0 Å². The first kappa shape index (κ1) is 64.7. The summed E-state index contributed by atoms with van der Waals surface area (Å²) in [7, 11) is 0. The van der Waals surface area contributed by atoms with E-state index in [4.69, 9.17) is 26.5 Å². The van der Waals surface area contributed by atoms with Crippen LogP contribution in [0, 0.1) is 6.57 Å². The minimum atomic E-state index is 0.646. The zero-order valence-electron chi connectivity index (χ0n) is 60.7. The highest BCUT2D eigenvalue weighted by molar-refractivity contribution is 7.27. The van der Waals surface area contributed by atoms with Crippen LogP contribution in [-0.4, -0.2) is 29.1 Å². The van der Waals surface area contributed by atoms with E-state index in [1.54, 1.807) is 22.7 Å². The molecule has 0 aliphatic rings. The molecule has 0 saturated heterocycles. The molecule has 0 bridgehead atoms. The first-order chi connectivity index (χ1) is 56.4. The number of nitrogens with zero attached hydrogens (tertiary/aromatic N) is 7. The van der Waals surface area contributed by atoms with Crippen molar-refractivity contribution < 1.29 is 0 Å². The van der Waals surface area contributed by atoms with E-state index in [-0.39, 0.29) is 0 Å². The van der Waals surface area contributed by atoms with Crippen LogP contribution in [0.4, 0.5) is 5.69 Å². The molecule has 0 radical (unpaired) electrons. The smallest absolute Gasteiger partial charge is 0.188 e. The number of aromatic nitrogens is 6. The van der Waals surface area contributed by atoms with Crippen LogP contribution in [0.3, 0.4) is 0 Å². The highest BCUT2D eigenvalue weighted by Crippen LogP contribution is 2.49. The minimum absolute atomic E-state index is 0.646. The molecule has 0 spiro atoms. The van der Waals surface area contributed by atoms with Gasteiger partial charge in [-0.3, -0.25) is 0 Å². The molecule has 0 saturated carbocycles. The molecule has 17 aromatic carbocycles. The van der Waals surface area contributed by atoms with E-state index in [2.05, 4.69) is 348 Å². The maximum absolute atomic E-state index is 7.84. The highest BCUT2D eigenvalue weighted by Gasteiger charge is 2.25. The number of hydrogen-bond donors (Lipinski definition) is 0. The van der Waals surface area contributed by atoms with Crippen LogP contribution >= 0.6 is 45.3 Å². The second kappa shape index (κ2) is 25.5. The van der Waals surface area contributed by atoms with Crippen LogP contribution in [0.25, 0.3) is 240 Å². The molecule has 114 heavy (non-hydrogen) atoms. The lowest BCUT2D eigenvalue weighted by Crippen LogP contribution is -1.99. The number of rotatable bonds is 7. The van der Waals surface area contributed by atoms with Crippen molar-refractivity contribution in [2.24, 2.45) is 0 Å². The van der Waals surface area contributed by atoms with Gasteiger partial charge in [0.15, 0.2) is 17.3 Å². The van der Waals surface area contributed by atoms with Gasteiger partial charge in [0.2, 0.25) is 0 Å². The van der Waals surface area contributed by atoms with Gasteiger partial charge in [0.05, 0.1) is 55.8 Å². The van der Waals surface area contributed by atoms with Gasteiger partial charge in [0.1, 0.15) is 0 Å². The summed E-state index contributed by atoms with van der Waals surface area (Å²) in [4.78, 5) is 25.2. The summed E-state index contributed by atoms with van der Waals surface area (Å²) < 4.78 is 14.8. The van der Waals surface area contributed by atoms with E-state index in [9.17, 15) is 0 Å². The van der Waals surface area contributed by atoms with Gasteiger partial charge in [-0.1, -0.05) is 237 Å². The number of benzene rings is 17. The van der Waals surface area contributed by atoms with Crippen molar-refractivity contribution in [3.8, 4) is 67.8 Å². The second-order valence-electron chi connectivity index (χ2n) is 29.4. The maximum atomic E-state index is 7.84. The van der Waals surface area contributed by atoms with Gasteiger partial charge in [-0.05, 0) is 147 Å². The van der Waals surface area contributed by atoms with Crippen LogP contribution in [-0.2, 0) is 0 Å². The average Bonchev–Trinajstić information content (AvgIpc) is 1.55. The Morgan fingerprint density at radius 2 is 0.746 bits per heavy atom. The average molecular weight is 1520 g/mol. The molecule has 8 heterocycles. The summed E-state index contributed by atoms with van der Waals surface area (Å²) in [5.41, 5.74) is 17.7. The number of thiophene rings is 4. The van der Waals surface area contributed by atoms with Gasteiger partial charge < -0.3 is 9.13 Å². The van der Waals surface area contributed by atoms with Gasteiger partial charge in [-0.25, -0.2) is 24.8 Å². The molecule has 11 heteroatoms. The van der Waals surface area contributed by atoms with E-state index in [1.807, 2.05) is 34.8 Å². The predicted molar refractivity (Wildman–Crippen MR) is 488 cm³/mol. The zero-order chi connectivity index (χ0) is 74.8. The number of hydrogen-bond acceptors (Lipinski definition) is 8. The molecule has 8 aromatic heterocycles. The summed E-state index contributed by atoms with van der Waals surface area (Å²) >= 11 is 7.28. The van der Waals surface area contributed by atoms with Gasteiger partial charge >= 0.3 is 0 Å². The van der Waals surface area contributed by atoms with Gasteiger partial charge in [-0.2, -0.15) is 0 Å². The molecule has 0 unspecified atom stereocenters. The van der Waals surface area contributed by atoms with Crippen molar-refractivity contribution in [3.05, 3.63) is 357 Å². The lowest BCUT2D eigenvalue weighted by Gasteiger charge is -2.15. The SMILES string of the molecule is [C-]#[N+]c1ccc2c(c1)c1cc3c(cc1n2-c1ccc2sc4cc(-c5nc(-c6ccccc6)c6ccc7ccccc7c6n5)ccc4c2c1)sc1cc2ccccc2cc13.c1ccc(-c2cc(-c3nc(-c4ccccc4)c4sc5ccccc5c4n3)cc(-n3c4cc5sc6ccccc6c5cc4c4ccc5ccccc5c43)c2)cc1. The largest absolute Gasteiger partial charge is 0.309 e. The Bertz CT molecular complexity index is 8450. The monoisotopic (exact) mass is 1520 g/mol. The van der Waals surface area contributed by atoms with Crippen LogP contribution < -0.4 is 0 Å². The Balaban J connectivity index is 0.000000132. The van der Waals surface area contributed by atoms with Crippen LogP contribution in [0.2, 0.25) is 0 Å². The lowest BCUT2D eigenvalue weighted by atomic mass is 10.0. The standard InChI is InChI=1S/C53H28N4S2.C50H29N3S2/c1-54-35-17-21-45-40(26-35)41-28-44-42-23-32-12-5-6-13-33(32)24-49(42)59-50(44)29-46(41)57(45)36-18-22-47-43(27-36)38-19-16-34(25-48(38)58-47)53-55-51(31-10-3-2-4-11-31)39-20-15-30-9-7-8-14-37(30)52(39)56-53;1-3-13-30(14-4-1)33-25-34(50-51-46(32-16-5-2-6-17-32)49-47(52-50)39-20-10-12-22-44(39)55-49)27-35(26-33)53-42-29-45-41(37-19-9-11-21-43(37)54-45)28-40(42)38-24-23-31-15-7-8-18-36(31)48(38)53/h2-29H;1-29H. The van der Waals surface area contributed by atoms with Crippen molar-refractivity contribution in [3.63, 3.8) is 0 Å². The molecule has 528 valence electrons. The van der Waals surface area contributed by atoms with Crippen molar-refractivity contribution >= 4 is 219 Å². The van der Waals surface area contributed by atoms with Gasteiger partial charge in [0.25, 0.3) is 0 Å². The molecule has 0 atom stereocenters. The molecule has 0 N–H and O–H groups in total. The zero-order valence-corrected chi connectivity index (χ0v) is 63.9. The first-order valence-corrected chi connectivity index (χ1v) is 41.3. The summed E-state index contributed by atoms with van der Waals surface area (Å²) in [5, 5.41) is 21.7. The van der Waals surface area contributed by atoms with Crippen molar-refractivity contribution in [1.82, 2.24) is 29.1 Å². The lowest BCUT2D eigenvalue weighted by molar-refractivity contribution is 1.18. The fraction of sp³-hybridized carbons (Fsp3) is 0. The van der Waals surface area contributed by atoms with E-state index < -0.39 is 0 Å². The summed E-state index contributed by atoms with van der Waals surface area (Å²) in [5.74, 6) is 1.43. The molecule has 25 aromatic rings. The van der Waals surface area contributed by atoms with E-state index in [0.29, 0.717) is 11.5 Å². The summed E-state index contributed by atoms with van der Waals surface area (Å²) in [6.45, 7) is 7.84. The molecular formula is C103H57N7S4. The third-order valence-electron chi connectivity index (χ3n) is 22.9. The second-order valence-corrected chi connectivity index (χ2v) is 33.7. The van der Waals surface area contributed by atoms with E-state index in [1.165, 1.54) is 109 Å². The molecular weight excluding hydrogens is 1460 g/mol. The minimum Gasteiger partial charge on any atom is -0.309 e. The molecule has 0 fully saturated rings. The highest BCUT2D eigenvalue weighted by atomic mass is 32.1. The Labute approximate surface area is 667 Å². The van der Waals surface area contributed by atoms with Gasteiger partial charge in [-0.15, -0.1) is 45.3 Å². The fourth-order valence-corrected chi connectivity index (χ4v) is 22.2. The third-order valence-corrected chi connectivity index (χ3v) is 27.5. The predicted octanol–water partition coefficient (Wildman–Crippen LogP) is 30.1. The van der Waals surface area contributed by atoms with Crippen LogP contribution in [0.15, 0.2) is 346 Å². The fourth-order valence-electron chi connectivity index (χ4n) is 17.6. The van der Waals surface area contributed by atoms with Gasteiger partial charge in [0, 0.05) is 137 Å².